The van der Waals surface area contributed by atoms with Crippen molar-refractivity contribution in [1.29, 1.82) is 0 Å². The van der Waals surface area contributed by atoms with E-state index in [0.29, 0.717) is 21.6 Å². The molecule has 2 aromatic rings. The maximum Gasteiger partial charge on any atom is 0.324 e. The number of nitrogens with zero attached hydrogens (tertiary/aromatic N) is 6. The molecule has 20 heavy (non-hydrogen) atoms. The molecule has 8 nitrogen and oxygen atoms in total. The van der Waals surface area contributed by atoms with Gasteiger partial charge in [-0.2, -0.15) is 5.10 Å². The summed E-state index contributed by atoms with van der Waals surface area (Å²) in [6, 6.07) is 0. The summed E-state index contributed by atoms with van der Waals surface area (Å²) in [5.41, 5.74) is 0.454. The number of hydrogen-bond donors (Lipinski definition) is 0. The van der Waals surface area contributed by atoms with E-state index >= 15 is 0 Å². The lowest BCUT2D eigenvalue weighted by atomic mass is 10.4. The van der Waals surface area contributed by atoms with Crippen molar-refractivity contribution in [3.05, 3.63) is 15.8 Å². The fourth-order valence-electron chi connectivity index (χ4n) is 1.58. The molecule has 0 aliphatic rings. The molecule has 0 atom stereocenters. The summed E-state index contributed by atoms with van der Waals surface area (Å²) in [4.78, 5) is 12.6. The van der Waals surface area contributed by atoms with E-state index in [1.165, 1.54) is 23.1 Å². The second-order valence-electron chi connectivity index (χ2n) is 4.16. The summed E-state index contributed by atoms with van der Waals surface area (Å²) in [5, 5.41) is 24.7. The van der Waals surface area contributed by atoms with Gasteiger partial charge in [-0.25, -0.2) is 0 Å². The predicted octanol–water partition coefficient (Wildman–Crippen LogP) is 2.19. The molecule has 2 aromatic heterocycles. The van der Waals surface area contributed by atoms with Gasteiger partial charge < -0.3 is 4.90 Å². The van der Waals surface area contributed by atoms with E-state index in [0.717, 1.165) is 5.13 Å². The van der Waals surface area contributed by atoms with E-state index in [9.17, 15) is 10.1 Å². The van der Waals surface area contributed by atoms with Crippen LogP contribution < -0.4 is 4.90 Å². The lowest BCUT2D eigenvalue weighted by Crippen LogP contribution is -2.07. The molecule has 0 aromatic carbocycles. The normalized spacial score (nSPS) is 10.8. The summed E-state index contributed by atoms with van der Waals surface area (Å²) in [6.45, 7) is 4.10. The van der Waals surface area contributed by atoms with Crippen molar-refractivity contribution < 1.29 is 4.92 Å². The van der Waals surface area contributed by atoms with Gasteiger partial charge >= 0.3 is 5.69 Å². The molecular weight excluding hydrogens is 300 g/mol. The first kappa shape index (κ1) is 14.7. The molecule has 108 valence electrons. The molecule has 0 saturated carbocycles. The highest BCUT2D eigenvalue weighted by Gasteiger charge is 2.26. The third kappa shape index (κ3) is 2.75. The van der Waals surface area contributed by atoms with Crippen molar-refractivity contribution in [2.45, 2.75) is 29.8 Å². The van der Waals surface area contributed by atoms with E-state index in [-0.39, 0.29) is 5.69 Å². The molecule has 0 fully saturated rings. The Morgan fingerprint density at radius 1 is 1.45 bits per heavy atom. The maximum absolute atomic E-state index is 11.2. The quantitative estimate of drug-likeness (QED) is 0.617. The fraction of sp³-hybridized carbons (Fsp3) is 0.500. The summed E-state index contributed by atoms with van der Waals surface area (Å²) in [6.07, 6.45) is 0. The molecule has 0 N–H and O–H groups in total. The number of aryl methyl sites for hydroxylation is 2. The Hall–Kier alpha value is -1.68. The van der Waals surface area contributed by atoms with Gasteiger partial charge in [0.2, 0.25) is 5.13 Å². The second-order valence-corrected chi connectivity index (χ2v) is 6.35. The van der Waals surface area contributed by atoms with Gasteiger partial charge in [0.1, 0.15) is 5.69 Å². The number of aromatic nitrogens is 4. The summed E-state index contributed by atoms with van der Waals surface area (Å²) in [7, 11) is 3.75. The highest BCUT2D eigenvalue weighted by molar-refractivity contribution is 8.01. The first-order chi connectivity index (χ1) is 9.43. The number of hydrogen-bond acceptors (Lipinski definition) is 8. The van der Waals surface area contributed by atoms with Crippen LogP contribution >= 0.6 is 23.1 Å². The van der Waals surface area contributed by atoms with Crippen molar-refractivity contribution in [3.8, 4) is 0 Å². The molecular formula is C10H14N6O2S2. The van der Waals surface area contributed by atoms with Crippen LogP contribution in [0.4, 0.5) is 10.8 Å². The van der Waals surface area contributed by atoms with Crippen molar-refractivity contribution in [2.75, 3.05) is 19.0 Å². The Morgan fingerprint density at radius 2 is 2.15 bits per heavy atom. The van der Waals surface area contributed by atoms with Gasteiger partial charge in [-0.15, -0.1) is 10.2 Å². The lowest BCUT2D eigenvalue weighted by Gasteiger charge is -2.04. The first-order valence-electron chi connectivity index (χ1n) is 5.84. The largest absolute Gasteiger partial charge is 0.353 e. The fourth-order valence-corrected chi connectivity index (χ4v) is 3.55. The van der Waals surface area contributed by atoms with Crippen molar-refractivity contribution in [2.24, 2.45) is 0 Å². The summed E-state index contributed by atoms with van der Waals surface area (Å²) in [5.74, 6) is 0. The molecule has 10 heteroatoms. The van der Waals surface area contributed by atoms with Gasteiger partial charge in [0, 0.05) is 20.6 Å². The molecule has 0 aliphatic carbocycles. The lowest BCUT2D eigenvalue weighted by molar-refractivity contribution is -0.388. The number of nitro groups is 1. The minimum atomic E-state index is -0.398. The van der Waals surface area contributed by atoms with Crippen LogP contribution in [-0.4, -0.2) is 39.0 Å². The van der Waals surface area contributed by atoms with E-state index in [4.69, 9.17) is 0 Å². The molecule has 0 radical (unpaired) electrons. The highest BCUT2D eigenvalue weighted by atomic mass is 32.2. The van der Waals surface area contributed by atoms with Crippen LogP contribution in [0.5, 0.6) is 0 Å². The van der Waals surface area contributed by atoms with Crippen LogP contribution in [0.15, 0.2) is 9.37 Å². The van der Waals surface area contributed by atoms with Gasteiger partial charge in [0.15, 0.2) is 9.37 Å². The van der Waals surface area contributed by atoms with Gasteiger partial charge in [0.25, 0.3) is 0 Å². The summed E-state index contributed by atoms with van der Waals surface area (Å²) >= 11 is 2.62. The van der Waals surface area contributed by atoms with E-state index < -0.39 is 4.92 Å². The Balaban J connectivity index is 2.38. The minimum Gasteiger partial charge on any atom is -0.353 e. The van der Waals surface area contributed by atoms with Gasteiger partial charge in [-0.3, -0.25) is 14.8 Å². The number of anilines is 1. The zero-order valence-corrected chi connectivity index (χ0v) is 13.2. The third-order valence-electron chi connectivity index (χ3n) is 2.49. The Bertz CT molecular complexity index is 636. The third-order valence-corrected chi connectivity index (χ3v) is 4.73. The smallest absolute Gasteiger partial charge is 0.324 e. The van der Waals surface area contributed by atoms with Gasteiger partial charge in [0.05, 0.1) is 4.92 Å². The van der Waals surface area contributed by atoms with Crippen molar-refractivity contribution in [1.82, 2.24) is 20.0 Å². The predicted molar refractivity (Wildman–Crippen MR) is 77.7 cm³/mol. The number of rotatable bonds is 5. The second kappa shape index (κ2) is 5.75. The highest BCUT2D eigenvalue weighted by Crippen LogP contribution is 2.39. The molecule has 0 saturated heterocycles. The molecule has 0 bridgehead atoms. The molecule has 0 aliphatic heterocycles. The average Bonchev–Trinajstić information content (AvgIpc) is 2.94. The molecule has 2 rings (SSSR count). The monoisotopic (exact) mass is 314 g/mol. The van der Waals surface area contributed by atoms with Crippen LogP contribution in [-0.2, 0) is 6.54 Å². The Labute approximate surface area is 124 Å². The molecule has 2 heterocycles. The van der Waals surface area contributed by atoms with Crippen molar-refractivity contribution >= 4 is 33.9 Å². The van der Waals surface area contributed by atoms with Crippen LogP contribution in [0.2, 0.25) is 0 Å². The zero-order chi connectivity index (χ0) is 14.9. The van der Waals surface area contributed by atoms with Gasteiger partial charge in [-0.1, -0.05) is 11.3 Å². The Kier molecular flexibility index (Phi) is 4.23. The zero-order valence-electron chi connectivity index (χ0n) is 11.5. The van der Waals surface area contributed by atoms with Gasteiger partial charge in [-0.05, 0) is 25.6 Å². The molecule has 0 unspecified atom stereocenters. The van der Waals surface area contributed by atoms with Crippen LogP contribution in [0.25, 0.3) is 0 Å². The first-order valence-corrected chi connectivity index (χ1v) is 7.47. The van der Waals surface area contributed by atoms with Crippen LogP contribution in [0, 0.1) is 17.0 Å². The van der Waals surface area contributed by atoms with E-state index in [2.05, 4.69) is 15.3 Å². The Morgan fingerprint density at radius 3 is 2.65 bits per heavy atom. The van der Waals surface area contributed by atoms with Crippen molar-refractivity contribution in [3.63, 3.8) is 0 Å². The minimum absolute atomic E-state index is 0.0402. The molecule has 0 spiro atoms. The molecule has 0 amide bonds. The van der Waals surface area contributed by atoms with E-state index in [1.54, 1.807) is 11.6 Å². The standard InChI is InChI=1S/C10H14N6O2S2/c1-5-15-8(7(16(17)18)6(2)13-15)19-10-12-11-9(20-10)14(3)4/h5H2,1-4H3. The average molecular weight is 314 g/mol. The topological polar surface area (TPSA) is 90.0 Å². The van der Waals surface area contributed by atoms with Crippen LogP contribution in [0.3, 0.4) is 0 Å². The summed E-state index contributed by atoms with van der Waals surface area (Å²) < 4.78 is 2.28. The van der Waals surface area contributed by atoms with E-state index in [1.807, 2.05) is 25.9 Å². The van der Waals surface area contributed by atoms with Crippen LogP contribution in [0.1, 0.15) is 12.6 Å². The SMILES string of the molecule is CCn1nc(C)c([N+](=O)[O-])c1Sc1nnc(N(C)C)s1. The maximum atomic E-state index is 11.2.